The average Bonchev–Trinajstić information content (AvgIpc) is 3.53. The Morgan fingerprint density at radius 1 is 1.09 bits per heavy atom. The topological polar surface area (TPSA) is 98.1 Å². The molecule has 2 fully saturated rings. The molecule has 1 atom stereocenters. The van der Waals surface area contributed by atoms with Gasteiger partial charge in [-0.1, -0.05) is 6.07 Å². The van der Waals surface area contributed by atoms with Crippen LogP contribution in [-0.2, 0) is 23.1 Å². The first-order valence-electron chi connectivity index (χ1n) is 11.8. The van der Waals surface area contributed by atoms with Crippen LogP contribution in [-0.4, -0.2) is 35.0 Å². The van der Waals surface area contributed by atoms with E-state index in [2.05, 4.69) is 28.1 Å². The molecule has 4 N–H and O–H groups in total. The fraction of sp³-hybridized carbons (Fsp3) is 0.423. The number of hydrogen-bond acceptors (Lipinski definition) is 5. The van der Waals surface area contributed by atoms with Crippen LogP contribution in [0.1, 0.15) is 49.1 Å². The van der Waals surface area contributed by atoms with Gasteiger partial charge in [0, 0.05) is 36.4 Å². The Morgan fingerprint density at radius 2 is 1.91 bits per heavy atom. The van der Waals surface area contributed by atoms with Gasteiger partial charge in [-0.3, -0.25) is 14.8 Å². The number of carbonyl (C=O) groups excluding carboxylic acids is 1. The van der Waals surface area contributed by atoms with Gasteiger partial charge < -0.3 is 16.4 Å². The van der Waals surface area contributed by atoms with Crippen LogP contribution in [0.25, 0.3) is 22.0 Å². The molecule has 2 aromatic heterocycles. The Labute approximate surface area is 188 Å². The van der Waals surface area contributed by atoms with Crippen molar-refractivity contribution in [2.24, 2.45) is 11.5 Å². The third-order valence-electron chi connectivity index (χ3n) is 7.58. The standard InChI is InChI=1S/C26H29N5O/c27-18-8-12-31(15-18)24-19-3-1-2-4-21(19)30-22-6-5-16(13-20(22)24)17-7-11-29-23(14-17)26(9-10-26)25(28)32/h5-7,11,13-14,18H,1-4,8-10,12,15,27H2,(H2,28,32). The summed E-state index contributed by atoms with van der Waals surface area (Å²) in [5.41, 5.74) is 19.4. The molecule has 0 radical (unpaired) electrons. The number of primary amides is 1. The van der Waals surface area contributed by atoms with Crippen molar-refractivity contribution in [3.63, 3.8) is 0 Å². The van der Waals surface area contributed by atoms with Gasteiger partial charge in [0.2, 0.25) is 5.91 Å². The Morgan fingerprint density at radius 3 is 2.66 bits per heavy atom. The quantitative estimate of drug-likeness (QED) is 0.666. The molecule has 6 nitrogen and oxygen atoms in total. The molecular formula is C26H29N5O. The first-order valence-corrected chi connectivity index (χ1v) is 11.8. The zero-order valence-corrected chi connectivity index (χ0v) is 18.3. The van der Waals surface area contributed by atoms with Crippen molar-refractivity contribution in [3.05, 3.63) is 53.5 Å². The predicted molar refractivity (Wildman–Crippen MR) is 127 cm³/mol. The summed E-state index contributed by atoms with van der Waals surface area (Å²) in [6.45, 7) is 1.90. The minimum atomic E-state index is -0.579. The molecule has 32 heavy (non-hydrogen) atoms. The zero-order valence-electron chi connectivity index (χ0n) is 18.3. The largest absolute Gasteiger partial charge is 0.369 e. The molecule has 164 valence electrons. The van der Waals surface area contributed by atoms with E-state index in [1.54, 1.807) is 6.20 Å². The van der Waals surface area contributed by atoms with Crippen molar-refractivity contribution >= 4 is 22.5 Å². The van der Waals surface area contributed by atoms with Crippen molar-refractivity contribution in [2.75, 3.05) is 18.0 Å². The summed E-state index contributed by atoms with van der Waals surface area (Å²) in [5, 5.41) is 1.20. The number of aryl methyl sites for hydroxylation is 1. The molecule has 6 rings (SSSR count). The maximum atomic E-state index is 12.0. The summed E-state index contributed by atoms with van der Waals surface area (Å²) in [5.74, 6) is -0.274. The predicted octanol–water partition coefficient (Wildman–Crippen LogP) is 3.23. The van der Waals surface area contributed by atoms with Crippen molar-refractivity contribution < 1.29 is 4.79 Å². The van der Waals surface area contributed by atoms with Crippen LogP contribution >= 0.6 is 0 Å². The van der Waals surface area contributed by atoms with E-state index in [-0.39, 0.29) is 11.9 Å². The lowest BCUT2D eigenvalue weighted by Gasteiger charge is -2.28. The first kappa shape index (κ1) is 19.7. The van der Waals surface area contributed by atoms with Gasteiger partial charge in [0.05, 0.1) is 22.3 Å². The highest BCUT2D eigenvalue weighted by molar-refractivity contribution is 5.97. The van der Waals surface area contributed by atoms with Gasteiger partial charge in [0.1, 0.15) is 0 Å². The van der Waals surface area contributed by atoms with Gasteiger partial charge in [-0.15, -0.1) is 0 Å². The Bertz CT molecular complexity index is 1230. The Kier molecular flexibility index (Phi) is 4.47. The van der Waals surface area contributed by atoms with E-state index in [1.807, 2.05) is 12.1 Å². The van der Waals surface area contributed by atoms with E-state index in [9.17, 15) is 4.79 Å². The molecule has 6 heteroatoms. The highest BCUT2D eigenvalue weighted by atomic mass is 16.1. The smallest absolute Gasteiger partial charge is 0.229 e. The molecule has 3 aliphatic rings. The second kappa shape index (κ2) is 7.27. The van der Waals surface area contributed by atoms with Crippen LogP contribution in [0.15, 0.2) is 36.5 Å². The molecule has 0 bridgehead atoms. The number of benzene rings is 1. The van der Waals surface area contributed by atoms with Crippen LogP contribution in [0.5, 0.6) is 0 Å². The van der Waals surface area contributed by atoms with Crippen LogP contribution in [0.4, 0.5) is 5.69 Å². The van der Waals surface area contributed by atoms with Crippen molar-refractivity contribution in [1.82, 2.24) is 9.97 Å². The summed E-state index contributed by atoms with van der Waals surface area (Å²) < 4.78 is 0. The van der Waals surface area contributed by atoms with E-state index in [0.717, 1.165) is 67.5 Å². The second-order valence-corrected chi connectivity index (χ2v) is 9.70. The maximum absolute atomic E-state index is 12.0. The molecule has 1 unspecified atom stereocenters. The van der Waals surface area contributed by atoms with Gasteiger partial charge in [-0.05, 0) is 85.9 Å². The number of hydrogen-bond donors (Lipinski definition) is 2. The second-order valence-electron chi connectivity index (χ2n) is 9.70. The van der Waals surface area contributed by atoms with E-state index in [1.165, 1.54) is 35.2 Å². The summed E-state index contributed by atoms with van der Waals surface area (Å²) in [6, 6.07) is 10.8. The molecule has 3 aromatic rings. The van der Waals surface area contributed by atoms with Crippen LogP contribution in [0.3, 0.4) is 0 Å². The molecule has 1 amide bonds. The summed E-state index contributed by atoms with van der Waals surface area (Å²) in [6.07, 6.45) is 8.97. The van der Waals surface area contributed by atoms with Crippen LogP contribution in [0, 0.1) is 0 Å². The lowest BCUT2D eigenvalue weighted by atomic mass is 9.91. The Balaban J connectivity index is 1.50. The van der Waals surface area contributed by atoms with Gasteiger partial charge in [-0.2, -0.15) is 0 Å². The van der Waals surface area contributed by atoms with E-state index >= 15 is 0 Å². The van der Waals surface area contributed by atoms with Gasteiger partial charge in [0.15, 0.2) is 0 Å². The number of fused-ring (bicyclic) bond motifs is 2. The van der Waals surface area contributed by atoms with Crippen LogP contribution < -0.4 is 16.4 Å². The SMILES string of the molecule is NC(=O)C1(c2cc(-c3ccc4nc5c(c(N6CCC(N)C6)c4c3)CCCC5)ccn2)CC1. The summed E-state index contributed by atoms with van der Waals surface area (Å²) in [7, 11) is 0. The summed E-state index contributed by atoms with van der Waals surface area (Å²) >= 11 is 0. The average molecular weight is 428 g/mol. The number of nitrogens with two attached hydrogens (primary N) is 2. The summed E-state index contributed by atoms with van der Waals surface area (Å²) in [4.78, 5) is 24.1. The number of anilines is 1. The van der Waals surface area contributed by atoms with Crippen molar-refractivity contribution in [2.45, 2.75) is 56.4 Å². The third-order valence-corrected chi connectivity index (χ3v) is 7.58. The Hall–Kier alpha value is -2.99. The molecule has 1 aliphatic heterocycles. The monoisotopic (exact) mass is 427 g/mol. The normalized spacial score (nSPS) is 21.5. The zero-order chi connectivity index (χ0) is 21.9. The van der Waals surface area contributed by atoms with E-state index < -0.39 is 5.41 Å². The van der Waals surface area contributed by atoms with Gasteiger partial charge in [0.25, 0.3) is 0 Å². The molecule has 2 aliphatic carbocycles. The van der Waals surface area contributed by atoms with Crippen LogP contribution in [0.2, 0.25) is 0 Å². The first-order chi connectivity index (χ1) is 15.5. The molecule has 1 saturated heterocycles. The fourth-order valence-electron chi connectivity index (χ4n) is 5.56. The van der Waals surface area contributed by atoms with Gasteiger partial charge >= 0.3 is 0 Å². The highest BCUT2D eigenvalue weighted by Crippen LogP contribution is 2.48. The number of nitrogens with zero attached hydrogens (tertiary/aromatic N) is 3. The fourth-order valence-corrected chi connectivity index (χ4v) is 5.56. The third kappa shape index (κ3) is 3.08. The molecule has 0 spiro atoms. The highest BCUT2D eigenvalue weighted by Gasteiger charge is 2.51. The molecular weight excluding hydrogens is 398 g/mol. The van der Waals surface area contributed by atoms with Crippen molar-refractivity contribution in [1.29, 1.82) is 0 Å². The lowest BCUT2D eigenvalue weighted by Crippen LogP contribution is -2.29. The van der Waals surface area contributed by atoms with Crippen molar-refractivity contribution in [3.8, 4) is 11.1 Å². The number of aromatic nitrogens is 2. The number of amides is 1. The maximum Gasteiger partial charge on any atom is 0.229 e. The molecule has 1 aromatic carbocycles. The minimum absolute atomic E-state index is 0.229. The minimum Gasteiger partial charge on any atom is -0.369 e. The number of carbonyl (C=O) groups is 1. The van der Waals surface area contributed by atoms with Gasteiger partial charge in [-0.25, -0.2) is 0 Å². The molecule has 3 heterocycles. The lowest BCUT2D eigenvalue weighted by molar-refractivity contribution is -0.120. The number of rotatable bonds is 4. The number of pyridine rings is 2. The van der Waals surface area contributed by atoms with E-state index in [4.69, 9.17) is 16.5 Å². The molecule has 1 saturated carbocycles. The van der Waals surface area contributed by atoms with E-state index in [0.29, 0.717) is 0 Å².